The summed E-state index contributed by atoms with van der Waals surface area (Å²) in [5.41, 5.74) is 0. The Labute approximate surface area is 423 Å². The normalized spacial score (nSPS) is 13.3. The van der Waals surface area contributed by atoms with Gasteiger partial charge >= 0.3 is 17.9 Å². The van der Waals surface area contributed by atoms with E-state index >= 15 is 0 Å². The molecule has 0 amide bonds. The molecule has 0 rings (SSSR count). The summed E-state index contributed by atoms with van der Waals surface area (Å²) < 4.78 is 16.7. The van der Waals surface area contributed by atoms with Crippen LogP contribution in [0.1, 0.15) is 213 Å². The Morgan fingerprint density at radius 3 is 0.942 bits per heavy atom. The van der Waals surface area contributed by atoms with Crippen LogP contribution in [0.15, 0.2) is 146 Å². The first-order chi connectivity index (χ1) is 34.0. The van der Waals surface area contributed by atoms with Crippen molar-refractivity contribution in [1.82, 2.24) is 0 Å². The zero-order valence-electron chi connectivity index (χ0n) is 44.0. The first-order valence-electron chi connectivity index (χ1n) is 27.3. The van der Waals surface area contributed by atoms with Crippen molar-refractivity contribution in [2.24, 2.45) is 0 Å². The molecule has 0 heterocycles. The largest absolute Gasteiger partial charge is 0.462 e. The first kappa shape index (κ1) is 64.3. The first-order valence-corrected chi connectivity index (χ1v) is 27.3. The lowest BCUT2D eigenvalue weighted by Crippen LogP contribution is -2.30. The minimum Gasteiger partial charge on any atom is -0.462 e. The summed E-state index contributed by atoms with van der Waals surface area (Å²) in [5.74, 6) is -1.04. The average Bonchev–Trinajstić information content (AvgIpc) is 3.35. The van der Waals surface area contributed by atoms with Crippen LogP contribution in [0.25, 0.3) is 0 Å². The molecule has 0 saturated carbocycles. The second-order valence-corrected chi connectivity index (χ2v) is 17.4. The molecule has 0 bridgehead atoms. The quantitative estimate of drug-likeness (QED) is 0.0262. The fraction of sp³-hybridized carbons (Fsp3) is 0.571. The van der Waals surface area contributed by atoms with E-state index in [1.165, 1.54) is 25.7 Å². The van der Waals surface area contributed by atoms with Crippen LogP contribution < -0.4 is 0 Å². The molecule has 0 aromatic carbocycles. The third-order valence-electron chi connectivity index (χ3n) is 10.8. The molecule has 1 atom stereocenters. The minimum absolute atomic E-state index is 0.126. The van der Waals surface area contributed by atoms with Crippen LogP contribution in [0.3, 0.4) is 0 Å². The molecule has 0 aliphatic heterocycles. The highest BCUT2D eigenvalue weighted by atomic mass is 16.6. The zero-order valence-corrected chi connectivity index (χ0v) is 44.0. The van der Waals surface area contributed by atoms with Crippen LogP contribution in [-0.4, -0.2) is 37.2 Å². The van der Waals surface area contributed by atoms with Gasteiger partial charge in [-0.2, -0.15) is 0 Å². The molecule has 0 spiro atoms. The van der Waals surface area contributed by atoms with E-state index in [-0.39, 0.29) is 37.5 Å². The molecular weight excluding hydrogens is 853 g/mol. The number of unbranched alkanes of at least 4 members (excludes halogenated alkanes) is 12. The van der Waals surface area contributed by atoms with Crippen molar-refractivity contribution >= 4 is 17.9 Å². The van der Waals surface area contributed by atoms with E-state index in [0.717, 1.165) is 141 Å². The number of rotatable bonds is 47. The lowest BCUT2D eigenvalue weighted by Gasteiger charge is -2.18. The maximum atomic E-state index is 12.8. The number of carbonyl (C=O) groups excluding carboxylic acids is 3. The van der Waals surface area contributed by atoms with Gasteiger partial charge in [-0.05, 0) is 135 Å². The third-order valence-corrected chi connectivity index (χ3v) is 10.8. The number of allylic oxidation sites excluding steroid dienone is 24. The van der Waals surface area contributed by atoms with Gasteiger partial charge in [-0.1, -0.05) is 205 Å². The van der Waals surface area contributed by atoms with Crippen LogP contribution in [0, 0.1) is 0 Å². The average molecular weight is 951 g/mol. The van der Waals surface area contributed by atoms with Crippen molar-refractivity contribution in [1.29, 1.82) is 0 Å². The summed E-state index contributed by atoms with van der Waals surface area (Å²) >= 11 is 0. The molecule has 0 aromatic rings. The Morgan fingerprint density at radius 2 is 0.580 bits per heavy atom. The van der Waals surface area contributed by atoms with E-state index in [0.29, 0.717) is 19.3 Å². The number of hydrogen-bond donors (Lipinski definition) is 0. The highest BCUT2D eigenvalue weighted by molar-refractivity contribution is 5.71. The SMILES string of the molecule is CC/C=C/C/C=C/C/C=C/C/C=C/C/C=C/CCCC(=O)O[C@@H](COC(=O)CCCCC/C=C/C/C=C/C/C=C/C/C=C/CCCCC)COC(=O)CCCCCCC/C=C/C/C=C/C/C=C/CC. The third kappa shape index (κ3) is 54.1. The van der Waals surface area contributed by atoms with Gasteiger partial charge in [0.1, 0.15) is 13.2 Å². The van der Waals surface area contributed by atoms with E-state index in [2.05, 4.69) is 167 Å². The molecule has 0 radical (unpaired) electrons. The molecule has 6 nitrogen and oxygen atoms in total. The van der Waals surface area contributed by atoms with E-state index in [1.54, 1.807) is 0 Å². The number of ether oxygens (including phenoxy) is 3. The van der Waals surface area contributed by atoms with Crippen LogP contribution in [-0.2, 0) is 28.6 Å². The van der Waals surface area contributed by atoms with Crippen molar-refractivity contribution in [3.8, 4) is 0 Å². The van der Waals surface area contributed by atoms with E-state index in [4.69, 9.17) is 14.2 Å². The molecule has 0 saturated heterocycles. The summed E-state index contributed by atoms with van der Waals surface area (Å²) in [6.07, 6.45) is 79.8. The van der Waals surface area contributed by atoms with Gasteiger partial charge in [0.05, 0.1) is 0 Å². The van der Waals surface area contributed by atoms with E-state index in [1.807, 2.05) is 0 Å². The summed E-state index contributed by atoms with van der Waals surface area (Å²) in [4.78, 5) is 38.1. The Kier molecular flexibility index (Phi) is 52.1. The predicted molar refractivity (Wildman–Crippen MR) is 297 cm³/mol. The summed E-state index contributed by atoms with van der Waals surface area (Å²) in [5, 5.41) is 0. The van der Waals surface area contributed by atoms with Gasteiger partial charge in [-0.3, -0.25) is 14.4 Å². The minimum atomic E-state index is -0.835. The summed E-state index contributed by atoms with van der Waals surface area (Å²) in [6, 6.07) is 0. The lowest BCUT2D eigenvalue weighted by molar-refractivity contribution is -0.167. The predicted octanol–water partition coefficient (Wildman–Crippen LogP) is 18.4. The Hall–Kier alpha value is -4.71. The molecule has 0 N–H and O–H groups in total. The fourth-order valence-corrected chi connectivity index (χ4v) is 6.77. The Morgan fingerprint density at radius 1 is 0.304 bits per heavy atom. The topological polar surface area (TPSA) is 78.9 Å². The molecule has 69 heavy (non-hydrogen) atoms. The van der Waals surface area contributed by atoms with E-state index < -0.39 is 6.10 Å². The molecule has 0 aromatic heterocycles. The lowest BCUT2D eigenvalue weighted by atomic mass is 10.1. The smallest absolute Gasteiger partial charge is 0.306 e. The summed E-state index contributed by atoms with van der Waals surface area (Å²) in [7, 11) is 0. The van der Waals surface area contributed by atoms with Crippen molar-refractivity contribution in [3.05, 3.63) is 146 Å². The zero-order chi connectivity index (χ0) is 50.0. The maximum Gasteiger partial charge on any atom is 0.306 e. The Balaban J connectivity index is 4.59. The van der Waals surface area contributed by atoms with E-state index in [9.17, 15) is 14.4 Å². The van der Waals surface area contributed by atoms with Crippen molar-refractivity contribution < 1.29 is 28.6 Å². The number of carbonyl (C=O) groups is 3. The fourth-order valence-electron chi connectivity index (χ4n) is 6.77. The highest BCUT2D eigenvalue weighted by Gasteiger charge is 2.19. The van der Waals surface area contributed by atoms with Crippen LogP contribution in [0.4, 0.5) is 0 Å². The molecule has 0 aliphatic rings. The maximum absolute atomic E-state index is 12.8. The number of esters is 3. The standard InChI is InChI=1S/C63H98O6/c1-4-7-10-13-16-19-22-25-28-30-31-33-35-38-41-44-47-50-53-56-62(65)68-59-60(58-67-61(64)55-52-49-46-43-40-37-34-27-24-21-18-15-12-9-6-3)69-63(66)57-54-51-48-45-42-39-36-32-29-26-23-20-17-14-11-8-5-2/h8-9,11-12,16-21,25-29,31,33-34,36,38-39,41,45,48,60H,4-7,10,13-15,22-24,30,32,35,37,40,42-44,46-47,49-59H2,1-3H3/b11-8+,12-9+,19-16+,20-17+,21-18+,28-25+,29-26+,33-31+,34-27+,39-36+,41-38+,48-45+/t60-/m1/s1. The van der Waals surface area contributed by atoms with Crippen molar-refractivity contribution in [3.63, 3.8) is 0 Å². The molecule has 0 aliphatic carbocycles. The van der Waals surface area contributed by atoms with Gasteiger partial charge in [-0.15, -0.1) is 0 Å². The highest BCUT2D eigenvalue weighted by Crippen LogP contribution is 2.11. The molecule has 6 heteroatoms. The van der Waals surface area contributed by atoms with Crippen LogP contribution in [0.5, 0.6) is 0 Å². The molecular formula is C63H98O6. The second kappa shape index (κ2) is 55.9. The van der Waals surface area contributed by atoms with Crippen LogP contribution >= 0.6 is 0 Å². The molecule has 0 unspecified atom stereocenters. The Bertz CT molecular complexity index is 1560. The van der Waals surface area contributed by atoms with Crippen molar-refractivity contribution in [2.45, 2.75) is 219 Å². The van der Waals surface area contributed by atoms with Gasteiger partial charge < -0.3 is 14.2 Å². The second-order valence-electron chi connectivity index (χ2n) is 17.4. The van der Waals surface area contributed by atoms with Crippen LogP contribution in [0.2, 0.25) is 0 Å². The van der Waals surface area contributed by atoms with Crippen molar-refractivity contribution in [2.75, 3.05) is 13.2 Å². The molecule has 386 valence electrons. The van der Waals surface area contributed by atoms with Gasteiger partial charge in [-0.25, -0.2) is 0 Å². The van der Waals surface area contributed by atoms with Gasteiger partial charge in [0, 0.05) is 19.3 Å². The van der Waals surface area contributed by atoms with Gasteiger partial charge in [0.2, 0.25) is 0 Å². The number of hydrogen-bond acceptors (Lipinski definition) is 6. The molecule has 0 fully saturated rings. The van der Waals surface area contributed by atoms with Gasteiger partial charge in [0.25, 0.3) is 0 Å². The monoisotopic (exact) mass is 951 g/mol. The van der Waals surface area contributed by atoms with Gasteiger partial charge in [0.15, 0.2) is 6.10 Å². The summed E-state index contributed by atoms with van der Waals surface area (Å²) in [6.45, 7) is 6.27.